The van der Waals surface area contributed by atoms with Crippen LogP contribution in [-0.2, 0) is 0 Å². The van der Waals surface area contributed by atoms with Gasteiger partial charge in [0.1, 0.15) is 18.4 Å². The Balaban J connectivity index is 0.00000312. The van der Waals surface area contributed by atoms with E-state index >= 15 is 0 Å². The highest BCUT2D eigenvalue weighted by Gasteiger charge is 2.45. The zero-order chi connectivity index (χ0) is 17.7. The van der Waals surface area contributed by atoms with Crippen molar-refractivity contribution in [3.8, 4) is 5.75 Å². The summed E-state index contributed by atoms with van der Waals surface area (Å²) in [5.41, 5.74) is 0.958. The van der Waals surface area contributed by atoms with Gasteiger partial charge in [-0.2, -0.15) is 0 Å². The van der Waals surface area contributed by atoms with E-state index in [-0.39, 0.29) is 23.7 Å². The highest BCUT2D eigenvalue weighted by Crippen LogP contribution is 2.41. The van der Waals surface area contributed by atoms with Crippen molar-refractivity contribution < 1.29 is 19.0 Å². The molecule has 0 unspecified atom stereocenters. The molecule has 25 heavy (non-hydrogen) atoms. The average Bonchev–Trinajstić information content (AvgIpc) is 2.59. The maximum absolute atomic E-state index is 14.4. The Hall–Kier alpha value is -1.15. The standard InChI is InChI=1S/C17H27F2N3O2.ClH/c1-3-21(4-2)13-5-6-14(15(24)11-13)16(17(18,19)12-23)22-9-7-20-8-10-22;/h5-6,11,16,20,23-24H,3-4,7-10,12H2,1-2H3;1H/t16-;/m0./s1. The van der Waals surface area contributed by atoms with Gasteiger partial charge in [0.2, 0.25) is 0 Å². The lowest BCUT2D eigenvalue weighted by molar-refractivity contribution is -0.119. The summed E-state index contributed by atoms with van der Waals surface area (Å²) in [5, 5.41) is 22.7. The highest BCUT2D eigenvalue weighted by molar-refractivity contribution is 5.85. The molecule has 1 aromatic rings. The predicted molar refractivity (Wildman–Crippen MR) is 98.1 cm³/mol. The molecular formula is C17H28ClF2N3O2. The van der Waals surface area contributed by atoms with E-state index in [0.29, 0.717) is 26.2 Å². The van der Waals surface area contributed by atoms with E-state index in [1.807, 2.05) is 18.7 Å². The van der Waals surface area contributed by atoms with Gasteiger partial charge in [-0.3, -0.25) is 4.90 Å². The highest BCUT2D eigenvalue weighted by atomic mass is 35.5. The first-order valence-corrected chi connectivity index (χ1v) is 8.45. The van der Waals surface area contributed by atoms with Crippen LogP contribution in [0.3, 0.4) is 0 Å². The Morgan fingerprint density at radius 3 is 2.32 bits per heavy atom. The van der Waals surface area contributed by atoms with Gasteiger partial charge >= 0.3 is 0 Å². The van der Waals surface area contributed by atoms with Gasteiger partial charge in [0.05, 0.1) is 0 Å². The summed E-state index contributed by atoms with van der Waals surface area (Å²) in [7, 11) is 0. The number of alkyl halides is 2. The van der Waals surface area contributed by atoms with Gasteiger partial charge < -0.3 is 20.4 Å². The van der Waals surface area contributed by atoms with Crippen LogP contribution in [0.2, 0.25) is 0 Å². The van der Waals surface area contributed by atoms with Crippen LogP contribution in [0.5, 0.6) is 5.75 Å². The number of benzene rings is 1. The summed E-state index contributed by atoms with van der Waals surface area (Å²) < 4.78 is 28.9. The number of nitrogens with zero attached hydrogens (tertiary/aromatic N) is 2. The second-order valence-corrected chi connectivity index (χ2v) is 6.02. The molecule has 3 N–H and O–H groups in total. The second kappa shape index (κ2) is 9.52. The number of anilines is 1. The molecule has 1 saturated heterocycles. The third kappa shape index (κ3) is 4.94. The first-order chi connectivity index (χ1) is 11.4. The molecule has 0 saturated carbocycles. The summed E-state index contributed by atoms with van der Waals surface area (Å²) in [6, 6.07) is 3.50. The molecule has 1 heterocycles. The van der Waals surface area contributed by atoms with Crippen molar-refractivity contribution in [2.45, 2.75) is 25.8 Å². The number of piperazine rings is 1. The summed E-state index contributed by atoms with van der Waals surface area (Å²) in [6.07, 6.45) is 0. The molecular weight excluding hydrogens is 352 g/mol. The van der Waals surface area contributed by atoms with Crippen molar-refractivity contribution in [2.24, 2.45) is 0 Å². The van der Waals surface area contributed by atoms with Crippen LogP contribution in [0.1, 0.15) is 25.5 Å². The van der Waals surface area contributed by atoms with Gasteiger partial charge in [-0.05, 0) is 19.9 Å². The molecule has 1 atom stereocenters. The number of hydrogen-bond acceptors (Lipinski definition) is 5. The van der Waals surface area contributed by atoms with E-state index in [1.54, 1.807) is 17.0 Å². The Kier molecular flexibility index (Phi) is 8.34. The van der Waals surface area contributed by atoms with Crippen LogP contribution in [-0.4, -0.2) is 66.9 Å². The van der Waals surface area contributed by atoms with Crippen molar-refractivity contribution in [1.82, 2.24) is 10.2 Å². The number of aromatic hydroxyl groups is 1. The summed E-state index contributed by atoms with van der Waals surface area (Å²) in [6.45, 7) is 6.38. The second-order valence-electron chi connectivity index (χ2n) is 6.02. The van der Waals surface area contributed by atoms with E-state index in [4.69, 9.17) is 0 Å². The van der Waals surface area contributed by atoms with Crippen molar-refractivity contribution in [2.75, 3.05) is 50.8 Å². The van der Waals surface area contributed by atoms with Gasteiger partial charge in [-0.1, -0.05) is 6.07 Å². The number of rotatable bonds is 7. The fraction of sp³-hybridized carbons (Fsp3) is 0.647. The fourth-order valence-corrected chi connectivity index (χ4v) is 3.27. The number of aliphatic hydroxyl groups is 1. The van der Waals surface area contributed by atoms with Crippen LogP contribution in [0.15, 0.2) is 18.2 Å². The van der Waals surface area contributed by atoms with Crippen molar-refractivity contribution in [1.29, 1.82) is 0 Å². The summed E-state index contributed by atoms with van der Waals surface area (Å²) >= 11 is 0. The molecule has 0 spiro atoms. The molecule has 2 rings (SSSR count). The third-order valence-electron chi connectivity index (χ3n) is 4.56. The van der Waals surface area contributed by atoms with Crippen molar-refractivity contribution in [3.05, 3.63) is 23.8 Å². The Bertz CT molecular complexity index is 539. The molecule has 0 aliphatic carbocycles. The van der Waals surface area contributed by atoms with Gasteiger partial charge in [0.25, 0.3) is 5.92 Å². The number of hydrogen-bond donors (Lipinski definition) is 3. The van der Waals surface area contributed by atoms with Crippen LogP contribution in [0.4, 0.5) is 14.5 Å². The quantitative estimate of drug-likeness (QED) is 0.678. The van der Waals surface area contributed by atoms with E-state index in [0.717, 1.165) is 18.8 Å². The molecule has 0 radical (unpaired) electrons. The Morgan fingerprint density at radius 2 is 1.84 bits per heavy atom. The van der Waals surface area contributed by atoms with Gasteiger partial charge in [-0.25, -0.2) is 8.78 Å². The van der Waals surface area contributed by atoms with Gasteiger partial charge in [-0.15, -0.1) is 12.4 Å². The minimum absolute atomic E-state index is 0. The molecule has 5 nitrogen and oxygen atoms in total. The number of aliphatic hydroxyl groups excluding tert-OH is 1. The third-order valence-corrected chi connectivity index (χ3v) is 4.56. The molecule has 1 aromatic carbocycles. The summed E-state index contributed by atoms with van der Waals surface area (Å²) in [4.78, 5) is 3.66. The summed E-state index contributed by atoms with van der Waals surface area (Å²) in [5.74, 6) is -3.48. The van der Waals surface area contributed by atoms with Crippen LogP contribution < -0.4 is 10.2 Å². The zero-order valence-corrected chi connectivity index (χ0v) is 15.5. The van der Waals surface area contributed by atoms with E-state index in [1.165, 1.54) is 6.07 Å². The zero-order valence-electron chi connectivity index (χ0n) is 14.7. The first kappa shape index (κ1) is 21.9. The van der Waals surface area contributed by atoms with Crippen molar-refractivity contribution in [3.63, 3.8) is 0 Å². The first-order valence-electron chi connectivity index (χ1n) is 8.45. The smallest absolute Gasteiger partial charge is 0.290 e. The minimum atomic E-state index is -3.33. The number of halogens is 3. The largest absolute Gasteiger partial charge is 0.508 e. The fourth-order valence-electron chi connectivity index (χ4n) is 3.27. The molecule has 8 heteroatoms. The molecule has 0 amide bonds. The maximum Gasteiger partial charge on any atom is 0.290 e. The maximum atomic E-state index is 14.4. The lowest BCUT2D eigenvalue weighted by atomic mass is 9.96. The molecule has 144 valence electrons. The number of phenolic OH excluding ortho intramolecular Hbond substituents is 1. The van der Waals surface area contributed by atoms with Gasteiger partial charge in [0.15, 0.2) is 0 Å². The monoisotopic (exact) mass is 379 g/mol. The van der Waals surface area contributed by atoms with E-state index in [9.17, 15) is 19.0 Å². The predicted octanol–water partition coefficient (Wildman–Crippen LogP) is 2.23. The molecule has 0 aromatic heterocycles. The molecule has 1 aliphatic heterocycles. The van der Waals surface area contributed by atoms with E-state index < -0.39 is 18.6 Å². The normalized spacial score (nSPS) is 17.0. The number of nitrogens with one attached hydrogen (secondary N) is 1. The van der Waals surface area contributed by atoms with Crippen LogP contribution in [0, 0.1) is 0 Å². The van der Waals surface area contributed by atoms with Crippen LogP contribution in [0.25, 0.3) is 0 Å². The Labute approximate surface area is 154 Å². The van der Waals surface area contributed by atoms with Crippen molar-refractivity contribution >= 4 is 18.1 Å². The number of phenols is 1. The molecule has 1 fully saturated rings. The average molecular weight is 380 g/mol. The SMILES string of the molecule is CCN(CC)c1ccc([C@H](N2CCNCC2)C(F)(F)CO)c(O)c1.Cl. The lowest BCUT2D eigenvalue weighted by Crippen LogP contribution is -2.51. The van der Waals surface area contributed by atoms with E-state index in [2.05, 4.69) is 5.32 Å². The van der Waals surface area contributed by atoms with Gasteiger partial charge in [0, 0.05) is 56.6 Å². The van der Waals surface area contributed by atoms with Crippen LogP contribution >= 0.6 is 12.4 Å². The minimum Gasteiger partial charge on any atom is -0.508 e. The topological polar surface area (TPSA) is 59.0 Å². The molecule has 1 aliphatic rings. The Morgan fingerprint density at radius 1 is 1.24 bits per heavy atom. The lowest BCUT2D eigenvalue weighted by Gasteiger charge is -2.39. The molecule has 0 bridgehead atoms.